The Kier molecular flexibility index (Phi) is 6.57. The second-order valence-electron chi connectivity index (χ2n) is 7.63. The van der Waals surface area contributed by atoms with Crippen LogP contribution in [0.5, 0.6) is 17.2 Å². The predicted molar refractivity (Wildman–Crippen MR) is 109 cm³/mol. The number of ketones is 1. The van der Waals surface area contributed by atoms with Gasteiger partial charge in [-0.2, -0.15) is 0 Å². The molecule has 1 aliphatic rings. The van der Waals surface area contributed by atoms with Crippen molar-refractivity contribution in [1.29, 1.82) is 0 Å². The molecule has 3 rings (SSSR count). The number of nitrogens with zero attached hydrogens (tertiary/aromatic N) is 1. The average Bonchev–Trinajstić information content (AvgIpc) is 2.68. The second-order valence-corrected chi connectivity index (χ2v) is 7.63. The Hall–Kier alpha value is -2.53. The monoisotopic (exact) mass is 383 g/mol. The van der Waals surface area contributed by atoms with E-state index in [0.29, 0.717) is 17.9 Å². The van der Waals surface area contributed by atoms with E-state index < -0.39 is 0 Å². The van der Waals surface area contributed by atoms with E-state index in [9.17, 15) is 9.90 Å². The number of benzene rings is 2. The van der Waals surface area contributed by atoms with E-state index in [2.05, 4.69) is 4.90 Å². The van der Waals surface area contributed by atoms with Gasteiger partial charge in [-0.3, -0.25) is 9.69 Å². The van der Waals surface area contributed by atoms with Crippen LogP contribution in [-0.4, -0.2) is 42.1 Å². The van der Waals surface area contributed by atoms with Gasteiger partial charge < -0.3 is 14.6 Å². The van der Waals surface area contributed by atoms with Gasteiger partial charge in [0.05, 0.1) is 13.2 Å². The summed E-state index contributed by atoms with van der Waals surface area (Å²) in [4.78, 5) is 15.4. The van der Waals surface area contributed by atoms with Crippen molar-refractivity contribution >= 4 is 5.78 Å². The van der Waals surface area contributed by atoms with Gasteiger partial charge in [0, 0.05) is 36.2 Å². The molecule has 1 N–H and O–H groups in total. The standard InChI is InChI=1S/C23H29NO4/c1-16(2)28-21-8-4-6-17(12-21)23(26)19-7-5-11-24(15-19)14-18-9-10-20(25)13-22(18)27-3/h4,6,8-10,12-13,16,19,25H,5,7,11,14-15H2,1-3H3/t19-/m0/s1. The first-order valence-electron chi connectivity index (χ1n) is 9.85. The van der Waals surface area contributed by atoms with E-state index in [0.717, 1.165) is 37.2 Å². The Labute approximate surface area is 166 Å². The van der Waals surface area contributed by atoms with Crippen LogP contribution >= 0.6 is 0 Å². The van der Waals surface area contributed by atoms with Gasteiger partial charge in [0.1, 0.15) is 17.2 Å². The van der Waals surface area contributed by atoms with Gasteiger partial charge >= 0.3 is 0 Å². The van der Waals surface area contributed by atoms with Gasteiger partial charge in [0.15, 0.2) is 5.78 Å². The molecule has 0 aromatic heterocycles. The number of likely N-dealkylation sites (tertiary alicyclic amines) is 1. The number of rotatable bonds is 7. The van der Waals surface area contributed by atoms with Crippen molar-refractivity contribution in [2.75, 3.05) is 20.2 Å². The van der Waals surface area contributed by atoms with E-state index in [1.54, 1.807) is 19.2 Å². The highest BCUT2D eigenvalue weighted by atomic mass is 16.5. The summed E-state index contributed by atoms with van der Waals surface area (Å²) in [6.45, 7) is 6.32. The van der Waals surface area contributed by atoms with Crippen molar-refractivity contribution in [1.82, 2.24) is 4.90 Å². The van der Waals surface area contributed by atoms with Gasteiger partial charge in [-0.05, 0) is 51.4 Å². The van der Waals surface area contributed by atoms with E-state index in [-0.39, 0.29) is 23.6 Å². The molecule has 0 unspecified atom stereocenters. The lowest BCUT2D eigenvalue weighted by Gasteiger charge is -2.32. The highest BCUT2D eigenvalue weighted by Crippen LogP contribution is 2.28. The van der Waals surface area contributed by atoms with Crippen LogP contribution in [-0.2, 0) is 6.54 Å². The number of piperidine rings is 1. The summed E-state index contributed by atoms with van der Waals surface area (Å²) in [5.41, 5.74) is 1.73. The Balaban J connectivity index is 1.69. The number of aromatic hydroxyl groups is 1. The molecule has 1 fully saturated rings. The smallest absolute Gasteiger partial charge is 0.167 e. The summed E-state index contributed by atoms with van der Waals surface area (Å²) in [5, 5.41) is 9.64. The minimum absolute atomic E-state index is 0.0221. The topological polar surface area (TPSA) is 59.0 Å². The van der Waals surface area contributed by atoms with Crippen LogP contribution in [0.2, 0.25) is 0 Å². The Morgan fingerprint density at radius 2 is 2.07 bits per heavy atom. The number of carbonyl (C=O) groups excluding carboxylic acids is 1. The number of phenolic OH excluding ortho intramolecular Hbond substituents is 1. The van der Waals surface area contributed by atoms with Crippen LogP contribution in [0.25, 0.3) is 0 Å². The zero-order chi connectivity index (χ0) is 20.1. The third-order valence-electron chi connectivity index (χ3n) is 5.03. The van der Waals surface area contributed by atoms with Gasteiger partial charge in [0.25, 0.3) is 0 Å². The summed E-state index contributed by atoms with van der Waals surface area (Å²) >= 11 is 0. The number of hydrogen-bond acceptors (Lipinski definition) is 5. The third kappa shape index (κ3) is 5.04. The predicted octanol–water partition coefficient (Wildman–Crippen LogP) is 4.28. The first kappa shape index (κ1) is 20.2. The van der Waals surface area contributed by atoms with Crippen molar-refractivity contribution in [3.05, 3.63) is 53.6 Å². The highest BCUT2D eigenvalue weighted by molar-refractivity contribution is 5.98. The van der Waals surface area contributed by atoms with Gasteiger partial charge in [0.2, 0.25) is 0 Å². The van der Waals surface area contributed by atoms with Crippen molar-refractivity contribution in [2.45, 2.75) is 39.3 Å². The zero-order valence-corrected chi connectivity index (χ0v) is 16.9. The molecule has 0 spiro atoms. The van der Waals surface area contributed by atoms with Crippen molar-refractivity contribution in [2.24, 2.45) is 5.92 Å². The Bertz CT molecular complexity index is 818. The lowest BCUT2D eigenvalue weighted by atomic mass is 9.89. The normalized spacial score (nSPS) is 17.5. The fraction of sp³-hybridized carbons (Fsp3) is 0.435. The molecular formula is C23H29NO4. The molecule has 28 heavy (non-hydrogen) atoms. The first-order valence-corrected chi connectivity index (χ1v) is 9.85. The molecule has 1 aliphatic heterocycles. The minimum Gasteiger partial charge on any atom is -0.508 e. The molecule has 2 aromatic carbocycles. The molecule has 0 aliphatic carbocycles. The van der Waals surface area contributed by atoms with Crippen LogP contribution < -0.4 is 9.47 Å². The molecular weight excluding hydrogens is 354 g/mol. The second kappa shape index (κ2) is 9.11. The van der Waals surface area contributed by atoms with Crippen LogP contribution in [0, 0.1) is 5.92 Å². The molecule has 1 atom stereocenters. The van der Waals surface area contributed by atoms with E-state index >= 15 is 0 Å². The maximum absolute atomic E-state index is 13.1. The first-order chi connectivity index (χ1) is 13.5. The molecule has 2 aromatic rings. The molecule has 5 nitrogen and oxygen atoms in total. The molecule has 1 saturated heterocycles. The van der Waals surface area contributed by atoms with Crippen LogP contribution in [0.1, 0.15) is 42.6 Å². The molecule has 0 amide bonds. The maximum Gasteiger partial charge on any atom is 0.167 e. The average molecular weight is 383 g/mol. The number of hydrogen-bond donors (Lipinski definition) is 1. The third-order valence-corrected chi connectivity index (χ3v) is 5.03. The number of Topliss-reactive ketones (excluding diaryl/α,β-unsaturated/α-hetero) is 1. The van der Waals surface area contributed by atoms with Crippen LogP contribution in [0.3, 0.4) is 0 Å². The number of carbonyl (C=O) groups is 1. The summed E-state index contributed by atoms with van der Waals surface area (Å²) in [7, 11) is 1.60. The largest absolute Gasteiger partial charge is 0.508 e. The molecule has 0 radical (unpaired) electrons. The molecule has 150 valence electrons. The molecule has 0 bridgehead atoms. The van der Waals surface area contributed by atoms with E-state index in [1.807, 2.05) is 44.2 Å². The maximum atomic E-state index is 13.1. The molecule has 0 saturated carbocycles. The zero-order valence-electron chi connectivity index (χ0n) is 16.9. The van der Waals surface area contributed by atoms with Crippen molar-refractivity contribution < 1.29 is 19.4 Å². The number of phenols is 1. The van der Waals surface area contributed by atoms with Gasteiger partial charge in [-0.1, -0.05) is 18.2 Å². The van der Waals surface area contributed by atoms with Crippen molar-refractivity contribution in [3.63, 3.8) is 0 Å². The summed E-state index contributed by atoms with van der Waals surface area (Å²) in [6, 6.07) is 12.7. The Morgan fingerprint density at radius 1 is 1.25 bits per heavy atom. The fourth-order valence-corrected chi connectivity index (χ4v) is 3.75. The molecule has 1 heterocycles. The summed E-state index contributed by atoms with van der Waals surface area (Å²) in [5.74, 6) is 1.76. The Morgan fingerprint density at radius 3 is 2.82 bits per heavy atom. The van der Waals surface area contributed by atoms with Crippen molar-refractivity contribution in [3.8, 4) is 17.2 Å². The van der Waals surface area contributed by atoms with E-state index in [1.165, 1.54) is 0 Å². The minimum atomic E-state index is -0.0221. The quantitative estimate of drug-likeness (QED) is 0.723. The number of ether oxygens (including phenoxy) is 2. The lowest BCUT2D eigenvalue weighted by Crippen LogP contribution is -2.38. The highest BCUT2D eigenvalue weighted by Gasteiger charge is 2.27. The molecule has 5 heteroatoms. The SMILES string of the molecule is COc1cc(O)ccc1CN1CCC[C@H](C(=O)c2cccc(OC(C)C)c2)C1. The van der Waals surface area contributed by atoms with E-state index in [4.69, 9.17) is 9.47 Å². The number of methoxy groups -OCH3 is 1. The van der Waals surface area contributed by atoms with Crippen LogP contribution in [0.15, 0.2) is 42.5 Å². The fourth-order valence-electron chi connectivity index (χ4n) is 3.75. The van der Waals surface area contributed by atoms with Gasteiger partial charge in [-0.25, -0.2) is 0 Å². The summed E-state index contributed by atoms with van der Waals surface area (Å²) in [6.07, 6.45) is 1.96. The van der Waals surface area contributed by atoms with Crippen LogP contribution in [0.4, 0.5) is 0 Å². The van der Waals surface area contributed by atoms with Gasteiger partial charge in [-0.15, -0.1) is 0 Å². The lowest BCUT2D eigenvalue weighted by molar-refractivity contribution is 0.0810. The summed E-state index contributed by atoms with van der Waals surface area (Å²) < 4.78 is 11.1.